The maximum atomic E-state index is 12.2. The summed E-state index contributed by atoms with van der Waals surface area (Å²) in [5, 5.41) is 12.6. The Bertz CT molecular complexity index is 1460. The molecular weight excluding hydrogens is 486 g/mol. The lowest BCUT2D eigenvalue weighted by atomic mass is 10.1. The van der Waals surface area contributed by atoms with Gasteiger partial charge in [-0.15, -0.1) is 0 Å². The molecule has 0 aliphatic heterocycles. The number of rotatable bonds is 5. The van der Waals surface area contributed by atoms with E-state index in [1.54, 1.807) is 24.3 Å². The van der Waals surface area contributed by atoms with Crippen LogP contribution in [-0.2, 0) is 21.6 Å². The van der Waals surface area contributed by atoms with Crippen LogP contribution in [-0.4, -0.2) is 31.5 Å². The number of fused-ring (bicyclic) bond motifs is 1. The summed E-state index contributed by atoms with van der Waals surface area (Å²) in [6.07, 6.45) is 0.132. The molecular formula is C21H14ClN5O6S. The number of ether oxygens (including phenoxy) is 1. The molecule has 1 fully saturated rings. The van der Waals surface area contributed by atoms with Gasteiger partial charge in [0.1, 0.15) is 22.7 Å². The van der Waals surface area contributed by atoms with Crippen molar-refractivity contribution in [3.63, 3.8) is 0 Å². The number of nitrogen functional groups attached to an aromatic ring is 1. The summed E-state index contributed by atoms with van der Waals surface area (Å²) in [6.45, 7) is -0.0302. The maximum Gasteiger partial charge on any atom is 0.412 e. The van der Waals surface area contributed by atoms with E-state index in [1.807, 2.05) is 0 Å². The fraction of sp³-hybridized carbons (Fsp3) is 0.190. The number of carbonyl (C=O) groups is 2. The van der Waals surface area contributed by atoms with Crippen LogP contribution in [0.25, 0.3) is 11.4 Å². The molecule has 0 unspecified atom stereocenters. The number of hydrogen-bond donors (Lipinski definition) is 3. The number of benzene rings is 1. The Balaban J connectivity index is 1.29. The zero-order valence-corrected chi connectivity index (χ0v) is 18.7. The molecule has 1 aliphatic carbocycles. The Hall–Kier alpha value is -4.08. The second kappa shape index (κ2) is 8.36. The van der Waals surface area contributed by atoms with Crippen molar-refractivity contribution >= 4 is 57.3 Å². The van der Waals surface area contributed by atoms with Crippen molar-refractivity contribution in [1.29, 1.82) is 0 Å². The Morgan fingerprint density at radius 1 is 1.26 bits per heavy atom. The summed E-state index contributed by atoms with van der Waals surface area (Å²) < 4.78 is 20.1. The highest BCUT2D eigenvalue weighted by Crippen LogP contribution is 2.48. The Morgan fingerprint density at radius 2 is 2.06 bits per heavy atom. The standard InChI is InChI=1S/C21H14ClN5O6S/c22-11-4-2-1-3-10(11)9-31-20(30)25-14-12(27-34-15(14)23)5-6-13-24-16-17(32-13)33-18(26-16)21(7-8-21)19(28)29/h1-4H,7-9,23H2,(H,25,30)(H,28,29). The summed E-state index contributed by atoms with van der Waals surface area (Å²) in [5.74, 6) is 4.41. The van der Waals surface area contributed by atoms with Crippen LogP contribution in [0.1, 0.15) is 35.9 Å². The van der Waals surface area contributed by atoms with Crippen LogP contribution >= 0.6 is 23.1 Å². The smallest absolute Gasteiger partial charge is 0.412 e. The van der Waals surface area contributed by atoms with Crippen LogP contribution in [0.15, 0.2) is 33.1 Å². The van der Waals surface area contributed by atoms with E-state index in [4.69, 9.17) is 30.9 Å². The number of carboxylic acid groups (broad SMARTS) is 1. The van der Waals surface area contributed by atoms with E-state index in [1.165, 1.54) is 0 Å². The predicted molar refractivity (Wildman–Crippen MR) is 120 cm³/mol. The van der Waals surface area contributed by atoms with Crippen LogP contribution in [0.2, 0.25) is 5.02 Å². The van der Waals surface area contributed by atoms with E-state index in [-0.39, 0.29) is 46.2 Å². The normalized spacial score (nSPS) is 13.8. The lowest BCUT2D eigenvalue weighted by Gasteiger charge is -2.07. The Kier molecular flexibility index (Phi) is 5.35. The number of nitrogens with one attached hydrogen (secondary N) is 1. The molecule has 1 amide bonds. The third-order valence-electron chi connectivity index (χ3n) is 5.09. The van der Waals surface area contributed by atoms with Crippen molar-refractivity contribution in [2.75, 3.05) is 11.1 Å². The molecule has 5 rings (SSSR count). The summed E-state index contributed by atoms with van der Waals surface area (Å²) in [5.41, 5.74) is 5.94. The molecule has 4 aromatic rings. The van der Waals surface area contributed by atoms with Crippen molar-refractivity contribution in [3.8, 4) is 11.8 Å². The number of oxazole rings is 2. The first-order valence-electron chi connectivity index (χ1n) is 9.81. The van der Waals surface area contributed by atoms with Crippen molar-refractivity contribution in [2.24, 2.45) is 0 Å². The number of nitrogens with two attached hydrogens (primary N) is 1. The molecule has 11 nitrogen and oxygen atoms in total. The monoisotopic (exact) mass is 499 g/mol. The van der Waals surface area contributed by atoms with Gasteiger partial charge in [0.2, 0.25) is 11.5 Å². The van der Waals surface area contributed by atoms with Gasteiger partial charge in [0, 0.05) is 16.5 Å². The zero-order valence-electron chi connectivity index (χ0n) is 17.1. The molecule has 0 bridgehead atoms. The van der Waals surface area contributed by atoms with Crippen molar-refractivity contribution < 1.29 is 28.3 Å². The lowest BCUT2D eigenvalue weighted by molar-refractivity contribution is -0.140. The van der Waals surface area contributed by atoms with Gasteiger partial charge in [0.05, 0.1) is 0 Å². The van der Waals surface area contributed by atoms with Gasteiger partial charge in [-0.2, -0.15) is 14.3 Å². The molecule has 1 aliphatic rings. The quantitative estimate of drug-likeness (QED) is 0.344. The van der Waals surface area contributed by atoms with E-state index in [9.17, 15) is 14.7 Å². The molecule has 3 aromatic heterocycles. The molecule has 0 saturated heterocycles. The van der Waals surface area contributed by atoms with Gasteiger partial charge in [0.15, 0.2) is 5.69 Å². The zero-order chi connectivity index (χ0) is 23.9. The average molecular weight is 500 g/mol. The molecule has 3 heterocycles. The first-order chi connectivity index (χ1) is 16.4. The molecule has 34 heavy (non-hydrogen) atoms. The number of hydrogen-bond acceptors (Lipinski definition) is 10. The first-order valence-corrected chi connectivity index (χ1v) is 11.0. The minimum atomic E-state index is -1.10. The van der Waals surface area contributed by atoms with E-state index >= 15 is 0 Å². The second-order valence-electron chi connectivity index (χ2n) is 7.35. The van der Waals surface area contributed by atoms with Crippen molar-refractivity contribution in [3.05, 3.63) is 52.3 Å². The number of anilines is 2. The van der Waals surface area contributed by atoms with Gasteiger partial charge in [0.25, 0.3) is 5.89 Å². The fourth-order valence-corrected chi connectivity index (χ4v) is 3.82. The number of amides is 1. The number of carbonyl (C=O) groups excluding carboxylic acids is 1. The third-order valence-corrected chi connectivity index (χ3v) is 6.14. The van der Waals surface area contributed by atoms with Crippen LogP contribution in [0, 0.1) is 11.8 Å². The summed E-state index contributed by atoms with van der Waals surface area (Å²) >= 11 is 7.00. The van der Waals surface area contributed by atoms with Crippen LogP contribution in [0.3, 0.4) is 0 Å². The highest BCUT2D eigenvalue weighted by atomic mass is 35.5. The van der Waals surface area contributed by atoms with Crippen molar-refractivity contribution in [1.82, 2.24) is 14.3 Å². The van der Waals surface area contributed by atoms with Gasteiger partial charge >= 0.3 is 17.8 Å². The van der Waals surface area contributed by atoms with Crippen LogP contribution in [0.5, 0.6) is 0 Å². The number of nitrogens with zero attached hydrogens (tertiary/aromatic N) is 3. The Morgan fingerprint density at radius 3 is 2.76 bits per heavy atom. The molecule has 172 valence electrons. The van der Waals surface area contributed by atoms with E-state index in [0.717, 1.165) is 11.5 Å². The van der Waals surface area contributed by atoms with Gasteiger partial charge in [-0.3, -0.25) is 10.1 Å². The van der Waals surface area contributed by atoms with E-state index in [0.29, 0.717) is 23.4 Å². The van der Waals surface area contributed by atoms with Gasteiger partial charge in [-0.1, -0.05) is 29.8 Å². The largest absolute Gasteiger partial charge is 0.480 e. The maximum absolute atomic E-state index is 12.2. The molecule has 13 heteroatoms. The number of halogens is 1. The number of aliphatic carboxylic acids is 1. The SMILES string of the molecule is Nc1snc(C#Cc2nc3nc(C4(C(=O)O)CC4)oc3o2)c1NC(=O)OCc1ccccc1Cl. The summed E-state index contributed by atoms with van der Waals surface area (Å²) in [4.78, 5) is 31.9. The third kappa shape index (κ3) is 4.02. The molecule has 1 saturated carbocycles. The summed E-state index contributed by atoms with van der Waals surface area (Å²) in [6, 6.07) is 6.99. The van der Waals surface area contributed by atoms with Crippen LogP contribution < -0.4 is 11.1 Å². The fourth-order valence-electron chi connectivity index (χ4n) is 3.06. The molecule has 1 aromatic carbocycles. The highest BCUT2D eigenvalue weighted by molar-refractivity contribution is 7.10. The second-order valence-corrected chi connectivity index (χ2v) is 8.56. The predicted octanol–water partition coefficient (Wildman–Crippen LogP) is 3.77. The van der Waals surface area contributed by atoms with Gasteiger partial charge in [-0.05, 0) is 36.4 Å². The molecule has 0 radical (unpaired) electrons. The van der Waals surface area contributed by atoms with Gasteiger partial charge < -0.3 is 24.4 Å². The minimum absolute atomic E-state index is 0.0215. The molecule has 0 atom stereocenters. The lowest BCUT2D eigenvalue weighted by Crippen LogP contribution is -2.19. The topological polar surface area (TPSA) is 167 Å². The first kappa shape index (κ1) is 21.7. The Labute approximate surface area is 200 Å². The number of carboxylic acids is 1. The van der Waals surface area contributed by atoms with Gasteiger partial charge in [-0.25, -0.2) is 4.79 Å². The summed E-state index contributed by atoms with van der Waals surface area (Å²) in [7, 11) is 0. The number of aromatic nitrogens is 3. The van der Waals surface area contributed by atoms with Crippen LogP contribution in [0.4, 0.5) is 15.5 Å². The average Bonchev–Trinajstić information content (AvgIpc) is 3.25. The van der Waals surface area contributed by atoms with E-state index < -0.39 is 17.5 Å². The molecule has 0 spiro atoms. The minimum Gasteiger partial charge on any atom is -0.480 e. The van der Waals surface area contributed by atoms with Crippen molar-refractivity contribution in [2.45, 2.75) is 24.9 Å². The van der Waals surface area contributed by atoms with E-state index in [2.05, 4.69) is 31.5 Å². The molecule has 4 N–H and O–H groups in total. The highest BCUT2D eigenvalue weighted by Gasteiger charge is 2.56.